The maximum absolute atomic E-state index is 12.3. The Bertz CT molecular complexity index is 1480. The number of pyridine rings is 2. The maximum Gasteiger partial charge on any atom is 0.271 e. The van der Waals surface area contributed by atoms with Gasteiger partial charge in [-0.1, -0.05) is 18.2 Å². The molecule has 1 fully saturated rings. The quantitative estimate of drug-likeness (QED) is 0.353. The summed E-state index contributed by atoms with van der Waals surface area (Å²) in [5.74, 6) is 2.46. The van der Waals surface area contributed by atoms with Gasteiger partial charge in [-0.15, -0.1) is 0 Å². The molecule has 1 atom stereocenters. The molecule has 8 heteroatoms. The summed E-state index contributed by atoms with van der Waals surface area (Å²) >= 11 is 0. The molecule has 188 valence electrons. The molecule has 37 heavy (non-hydrogen) atoms. The lowest BCUT2D eigenvalue weighted by molar-refractivity contribution is 0.0383. The number of aromatic amines is 1. The first-order valence-electron chi connectivity index (χ1n) is 12.4. The number of methoxy groups -OCH3 is 1. The maximum atomic E-state index is 12.3. The van der Waals surface area contributed by atoms with Crippen LogP contribution in [0.25, 0.3) is 0 Å². The van der Waals surface area contributed by atoms with Crippen molar-refractivity contribution in [3.8, 4) is 17.2 Å². The first-order chi connectivity index (χ1) is 18.2. The number of morpholine rings is 1. The number of H-pyrrole nitrogens is 1. The van der Waals surface area contributed by atoms with Crippen LogP contribution in [0.15, 0.2) is 78.0 Å². The van der Waals surface area contributed by atoms with E-state index in [4.69, 9.17) is 14.2 Å². The van der Waals surface area contributed by atoms with Crippen LogP contribution in [0.5, 0.6) is 17.2 Å². The Balaban J connectivity index is 1.21. The Hall–Kier alpha value is -4.30. The van der Waals surface area contributed by atoms with Crippen LogP contribution in [-0.2, 0) is 17.7 Å². The summed E-state index contributed by atoms with van der Waals surface area (Å²) < 4.78 is 18.0. The molecule has 0 radical (unpaired) electrons. The molecule has 1 unspecified atom stereocenters. The highest BCUT2D eigenvalue weighted by molar-refractivity contribution is 5.59. The number of rotatable bonds is 6. The van der Waals surface area contributed by atoms with Gasteiger partial charge >= 0.3 is 0 Å². The summed E-state index contributed by atoms with van der Waals surface area (Å²) in [6, 6.07) is 18.1. The van der Waals surface area contributed by atoms with Gasteiger partial charge in [0.25, 0.3) is 5.56 Å². The lowest BCUT2D eigenvalue weighted by Gasteiger charge is -2.35. The van der Waals surface area contributed by atoms with Gasteiger partial charge in [0.05, 0.1) is 19.9 Å². The number of ether oxygens (including phenoxy) is 3. The number of para-hydroxylation sites is 1. The number of benzene rings is 2. The molecule has 0 bridgehead atoms. The van der Waals surface area contributed by atoms with Gasteiger partial charge in [-0.2, -0.15) is 0 Å². The molecule has 2 aliphatic heterocycles. The van der Waals surface area contributed by atoms with E-state index in [0.717, 1.165) is 51.6 Å². The Morgan fingerprint density at radius 3 is 3.00 bits per heavy atom. The summed E-state index contributed by atoms with van der Waals surface area (Å²) in [6.45, 7) is 2.42. The lowest BCUT2D eigenvalue weighted by Crippen LogP contribution is -2.41. The Morgan fingerprint density at radius 2 is 2.11 bits per heavy atom. The predicted molar refractivity (Wildman–Crippen MR) is 142 cm³/mol. The third-order valence-corrected chi connectivity index (χ3v) is 6.90. The Morgan fingerprint density at radius 1 is 1.16 bits per heavy atom. The van der Waals surface area contributed by atoms with E-state index in [9.17, 15) is 4.79 Å². The number of hydrogen-bond acceptors (Lipinski definition) is 7. The van der Waals surface area contributed by atoms with Crippen LogP contribution < -0.4 is 25.2 Å². The standard InChI is InChI=1S/C29H28N4O4/c1-35-26-17-30-11-9-20(26)16-32-22-7-8-25-21(15-22)14-19-4-2-5-23(28(19)37-25)27-18-33(12-13-36-27)24-6-3-10-31-29(24)34/h2-11,15,17,27,32H,12-14,16,18H2,1H3,(H,31,34). The fourth-order valence-electron chi connectivity index (χ4n) is 5.02. The highest BCUT2D eigenvalue weighted by Crippen LogP contribution is 2.43. The van der Waals surface area contributed by atoms with Gasteiger partial charge < -0.3 is 29.4 Å². The molecular formula is C29H28N4O4. The minimum Gasteiger partial charge on any atom is -0.495 e. The molecule has 1 saturated heterocycles. The van der Waals surface area contributed by atoms with E-state index in [1.165, 1.54) is 0 Å². The topological polar surface area (TPSA) is 88.7 Å². The molecule has 0 saturated carbocycles. The third kappa shape index (κ3) is 4.63. The number of anilines is 2. The zero-order valence-corrected chi connectivity index (χ0v) is 20.6. The summed E-state index contributed by atoms with van der Waals surface area (Å²) in [5, 5.41) is 3.48. The third-order valence-electron chi connectivity index (χ3n) is 6.90. The number of fused-ring (bicyclic) bond motifs is 2. The van der Waals surface area contributed by atoms with Crippen molar-refractivity contribution in [1.82, 2.24) is 9.97 Å². The van der Waals surface area contributed by atoms with E-state index >= 15 is 0 Å². The monoisotopic (exact) mass is 496 g/mol. The summed E-state index contributed by atoms with van der Waals surface area (Å²) in [6.07, 6.45) is 5.71. The molecule has 0 amide bonds. The highest BCUT2D eigenvalue weighted by atomic mass is 16.5. The van der Waals surface area contributed by atoms with Gasteiger partial charge in [0, 0.05) is 60.8 Å². The summed E-state index contributed by atoms with van der Waals surface area (Å²) in [4.78, 5) is 21.3. The minimum atomic E-state index is -0.193. The van der Waals surface area contributed by atoms with E-state index in [0.29, 0.717) is 31.9 Å². The van der Waals surface area contributed by atoms with Crippen molar-refractivity contribution in [2.75, 3.05) is 37.0 Å². The largest absolute Gasteiger partial charge is 0.495 e. The van der Waals surface area contributed by atoms with Crippen LogP contribution >= 0.6 is 0 Å². The number of nitrogens with one attached hydrogen (secondary N) is 2. The zero-order valence-electron chi connectivity index (χ0n) is 20.6. The molecule has 2 aromatic heterocycles. The van der Waals surface area contributed by atoms with E-state index < -0.39 is 0 Å². The molecule has 8 nitrogen and oxygen atoms in total. The van der Waals surface area contributed by atoms with Crippen molar-refractivity contribution in [3.05, 3.63) is 106 Å². The lowest BCUT2D eigenvalue weighted by atomic mass is 9.95. The highest BCUT2D eigenvalue weighted by Gasteiger charge is 2.29. The van der Waals surface area contributed by atoms with Crippen LogP contribution in [-0.4, -0.2) is 36.8 Å². The molecule has 2 aromatic carbocycles. The van der Waals surface area contributed by atoms with E-state index in [1.807, 2.05) is 30.3 Å². The van der Waals surface area contributed by atoms with Gasteiger partial charge in [0.15, 0.2) is 0 Å². The van der Waals surface area contributed by atoms with Gasteiger partial charge in [0.1, 0.15) is 29.0 Å². The molecule has 2 aliphatic rings. The van der Waals surface area contributed by atoms with Crippen LogP contribution in [0, 0.1) is 0 Å². The number of nitrogens with zero attached hydrogens (tertiary/aromatic N) is 2. The second kappa shape index (κ2) is 9.99. The van der Waals surface area contributed by atoms with Gasteiger partial charge in [-0.25, -0.2) is 0 Å². The van der Waals surface area contributed by atoms with E-state index in [2.05, 4.69) is 44.5 Å². The molecule has 0 aliphatic carbocycles. The predicted octanol–water partition coefficient (Wildman–Crippen LogP) is 4.67. The molecular weight excluding hydrogens is 468 g/mol. The summed E-state index contributed by atoms with van der Waals surface area (Å²) in [5.41, 5.74) is 5.88. The molecule has 0 spiro atoms. The van der Waals surface area contributed by atoms with Crippen molar-refractivity contribution in [3.63, 3.8) is 0 Å². The first-order valence-corrected chi connectivity index (χ1v) is 12.4. The van der Waals surface area contributed by atoms with Crippen LogP contribution in [0.4, 0.5) is 11.4 Å². The van der Waals surface area contributed by atoms with Crippen molar-refractivity contribution in [1.29, 1.82) is 0 Å². The van der Waals surface area contributed by atoms with Crippen LogP contribution in [0.2, 0.25) is 0 Å². The molecule has 2 N–H and O–H groups in total. The van der Waals surface area contributed by atoms with Crippen molar-refractivity contribution in [2.24, 2.45) is 0 Å². The van der Waals surface area contributed by atoms with E-state index in [-0.39, 0.29) is 11.7 Å². The summed E-state index contributed by atoms with van der Waals surface area (Å²) in [7, 11) is 1.65. The second-order valence-corrected chi connectivity index (χ2v) is 9.17. The zero-order chi connectivity index (χ0) is 25.2. The van der Waals surface area contributed by atoms with Gasteiger partial charge in [0.2, 0.25) is 0 Å². The minimum absolute atomic E-state index is 0.0878. The van der Waals surface area contributed by atoms with Crippen LogP contribution in [0.3, 0.4) is 0 Å². The average Bonchev–Trinajstić information content (AvgIpc) is 2.95. The SMILES string of the molecule is COc1cnccc1CNc1ccc2c(c1)Cc1cccc(C3CN(c4ccc[nH]c4=O)CCO3)c1O2. The van der Waals surface area contributed by atoms with Crippen molar-refractivity contribution < 1.29 is 14.2 Å². The normalized spacial score (nSPS) is 16.4. The van der Waals surface area contributed by atoms with Gasteiger partial charge in [-0.3, -0.25) is 9.78 Å². The Kier molecular flexibility index (Phi) is 6.24. The fraction of sp³-hybridized carbons (Fsp3) is 0.241. The number of hydrogen-bond donors (Lipinski definition) is 2. The fourth-order valence-corrected chi connectivity index (χ4v) is 5.02. The van der Waals surface area contributed by atoms with Gasteiger partial charge in [-0.05, 0) is 42.0 Å². The van der Waals surface area contributed by atoms with E-state index in [1.54, 1.807) is 25.7 Å². The van der Waals surface area contributed by atoms with Crippen molar-refractivity contribution in [2.45, 2.75) is 19.1 Å². The molecule has 6 rings (SSSR count). The van der Waals surface area contributed by atoms with Crippen molar-refractivity contribution >= 4 is 11.4 Å². The molecule has 4 heterocycles. The first kappa shape index (κ1) is 23.1. The van der Waals surface area contributed by atoms with Crippen LogP contribution in [0.1, 0.15) is 28.4 Å². The Labute approximate surface area is 214 Å². The number of aromatic nitrogens is 2. The molecule has 4 aromatic rings. The smallest absolute Gasteiger partial charge is 0.271 e. The second-order valence-electron chi connectivity index (χ2n) is 9.17. The average molecular weight is 497 g/mol.